The molecule has 2 aromatic rings. The Morgan fingerprint density at radius 3 is 2.72 bits per heavy atom. The Balaban J connectivity index is 2.50. The van der Waals surface area contributed by atoms with Crippen molar-refractivity contribution in [2.24, 2.45) is 0 Å². The van der Waals surface area contributed by atoms with Crippen LogP contribution in [0.3, 0.4) is 0 Å². The summed E-state index contributed by atoms with van der Waals surface area (Å²) in [4.78, 5) is 29.3. The van der Waals surface area contributed by atoms with E-state index in [1.54, 1.807) is 6.07 Å². The SMILES string of the molecule is Cc1cccc(Cn2c(O)c(C)c(=O)[nH]c2=O)n1. The minimum absolute atomic E-state index is 0.113. The Morgan fingerprint density at radius 1 is 1.33 bits per heavy atom. The van der Waals surface area contributed by atoms with E-state index in [0.717, 1.165) is 10.3 Å². The summed E-state index contributed by atoms with van der Waals surface area (Å²) in [6.07, 6.45) is 0. The van der Waals surface area contributed by atoms with Crippen molar-refractivity contribution in [3.05, 3.63) is 56.0 Å². The molecule has 0 amide bonds. The molecule has 0 radical (unpaired) electrons. The minimum atomic E-state index is -0.647. The Kier molecular flexibility index (Phi) is 3.01. The summed E-state index contributed by atoms with van der Waals surface area (Å²) in [5.74, 6) is -0.327. The Labute approximate surface area is 103 Å². The van der Waals surface area contributed by atoms with Crippen molar-refractivity contribution in [1.29, 1.82) is 0 Å². The van der Waals surface area contributed by atoms with Gasteiger partial charge in [0.15, 0.2) is 0 Å². The summed E-state index contributed by atoms with van der Waals surface area (Å²) >= 11 is 0. The minimum Gasteiger partial charge on any atom is -0.494 e. The Bertz CT molecular complexity index is 700. The van der Waals surface area contributed by atoms with E-state index in [1.807, 2.05) is 19.1 Å². The van der Waals surface area contributed by atoms with Gasteiger partial charge in [0.1, 0.15) is 0 Å². The van der Waals surface area contributed by atoms with E-state index in [0.29, 0.717) is 5.69 Å². The van der Waals surface area contributed by atoms with Crippen LogP contribution in [0.4, 0.5) is 0 Å². The molecule has 0 bridgehead atoms. The zero-order valence-electron chi connectivity index (χ0n) is 10.1. The third kappa shape index (κ3) is 2.17. The highest BCUT2D eigenvalue weighted by Gasteiger charge is 2.10. The zero-order valence-corrected chi connectivity index (χ0v) is 10.1. The first-order valence-electron chi connectivity index (χ1n) is 5.44. The molecule has 2 N–H and O–H groups in total. The third-order valence-corrected chi connectivity index (χ3v) is 2.66. The number of nitrogens with zero attached hydrogens (tertiary/aromatic N) is 2. The third-order valence-electron chi connectivity index (χ3n) is 2.66. The topological polar surface area (TPSA) is 88.0 Å². The molecule has 0 fully saturated rings. The van der Waals surface area contributed by atoms with E-state index >= 15 is 0 Å². The largest absolute Gasteiger partial charge is 0.494 e. The number of pyridine rings is 1. The smallest absolute Gasteiger partial charge is 0.331 e. The lowest BCUT2D eigenvalue weighted by molar-refractivity contribution is 0.403. The Hall–Kier alpha value is -2.37. The van der Waals surface area contributed by atoms with Crippen LogP contribution in [0.25, 0.3) is 0 Å². The molecule has 0 saturated carbocycles. The van der Waals surface area contributed by atoms with Crippen molar-refractivity contribution < 1.29 is 5.11 Å². The molecule has 0 aromatic carbocycles. The maximum Gasteiger partial charge on any atom is 0.331 e. The maximum atomic E-state index is 11.6. The van der Waals surface area contributed by atoms with Gasteiger partial charge in [-0.25, -0.2) is 4.79 Å². The molecule has 0 aliphatic rings. The molecule has 0 saturated heterocycles. The van der Waals surface area contributed by atoms with E-state index in [4.69, 9.17) is 0 Å². The molecule has 0 aliphatic carbocycles. The molecule has 2 heterocycles. The molecule has 18 heavy (non-hydrogen) atoms. The highest BCUT2D eigenvalue weighted by molar-refractivity contribution is 5.22. The van der Waals surface area contributed by atoms with Gasteiger partial charge in [-0.05, 0) is 26.0 Å². The van der Waals surface area contributed by atoms with Crippen LogP contribution in [-0.2, 0) is 6.54 Å². The normalized spacial score (nSPS) is 10.6. The van der Waals surface area contributed by atoms with Gasteiger partial charge in [0, 0.05) is 5.69 Å². The van der Waals surface area contributed by atoms with Crippen LogP contribution in [0, 0.1) is 13.8 Å². The number of aryl methyl sites for hydroxylation is 1. The van der Waals surface area contributed by atoms with Crippen molar-refractivity contribution in [2.45, 2.75) is 20.4 Å². The Morgan fingerprint density at radius 2 is 2.06 bits per heavy atom. The predicted octanol–water partition coefficient (Wildman–Crippen LogP) is 0.302. The van der Waals surface area contributed by atoms with Crippen LogP contribution in [0.2, 0.25) is 0 Å². The number of hydrogen-bond donors (Lipinski definition) is 2. The van der Waals surface area contributed by atoms with Crippen LogP contribution in [-0.4, -0.2) is 19.6 Å². The summed E-state index contributed by atoms with van der Waals surface area (Å²) < 4.78 is 1.08. The predicted molar refractivity (Wildman–Crippen MR) is 65.8 cm³/mol. The fourth-order valence-electron chi connectivity index (χ4n) is 1.65. The fourth-order valence-corrected chi connectivity index (χ4v) is 1.65. The summed E-state index contributed by atoms with van der Waals surface area (Å²) in [7, 11) is 0. The van der Waals surface area contributed by atoms with Gasteiger partial charge in [0.2, 0.25) is 5.88 Å². The molecule has 0 atom stereocenters. The van der Waals surface area contributed by atoms with Crippen LogP contribution in [0.1, 0.15) is 17.0 Å². The first kappa shape index (κ1) is 12.1. The van der Waals surface area contributed by atoms with Gasteiger partial charge < -0.3 is 5.11 Å². The quantitative estimate of drug-likeness (QED) is 0.799. The van der Waals surface area contributed by atoms with Crippen LogP contribution in [0.5, 0.6) is 5.88 Å². The lowest BCUT2D eigenvalue weighted by Gasteiger charge is -2.09. The first-order valence-corrected chi connectivity index (χ1v) is 5.44. The van der Waals surface area contributed by atoms with Crippen LogP contribution >= 0.6 is 0 Å². The highest BCUT2D eigenvalue weighted by Crippen LogP contribution is 2.10. The van der Waals surface area contributed by atoms with Crippen molar-refractivity contribution in [3.63, 3.8) is 0 Å². The summed E-state index contributed by atoms with van der Waals surface area (Å²) in [6, 6.07) is 5.40. The molecule has 2 rings (SSSR count). The molecule has 0 aliphatic heterocycles. The molecular weight excluding hydrogens is 234 g/mol. The standard InChI is InChI=1S/C12H13N3O3/c1-7-4-3-5-9(13-7)6-15-11(17)8(2)10(16)14-12(15)18/h3-5,17H,6H2,1-2H3,(H,14,16,18). The van der Waals surface area contributed by atoms with Gasteiger partial charge in [0.25, 0.3) is 5.56 Å². The van der Waals surface area contributed by atoms with Gasteiger partial charge in [-0.3, -0.25) is 19.3 Å². The average Bonchev–Trinajstić information content (AvgIpc) is 2.32. The molecule has 94 valence electrons. The van der Waals surface area contributed by atoms with E-state index < -0.39 is 11.2 Å². The monoisotopic (exact) mass is 247 g/mol. The number of nitrogens with one attached hydrogen (secondary N) is 1. The second-order valence-electron chi connectivity index (χ2n) is 4.06. The lowest BCUT2D eigenvalue weighted by Crippen LogP contribution is -2.31. The number of aromatic amines is 1. The molecular formula is C12H13N3O3. The molecule has 2 aromatic heterocycles. The zero-order chi connectivity index (χ0) is 13.3. The molecule has 6 nitrogen and oxygen atoms in total. The molecule has 0 spiro atoms. The van der Waals surface area contributed by atoms with E-state index in [1.165, 1.54) is 6.92 Å². The molecule has 6 heteroatoms. The van der Waals surface area contributed by atoms with E-state index in [9.17, 15) is 14.7 Å². The second kappa shape index (κ2) is 4.48. The van der Waals surface area contributed by atoms with Crippen molar-refractivity contribution in [2.75, 3.05) is 0 Å². The van der Waals surface area contributed by atoms with Gasteiger partial charge in [-0.15, -0.1) is 0 Å². The fraction of sp³-hybridized carbons (Fsp3) is 0.250. The summed E-state index contributed by atoms with van der Waals surface area (Å²) in [6.45, 7) is 3.40. The van der Waals surface area contributed by atoms with Gasteiger partial charge >= 0.3 is 5.69 Å². The first-order chi connectivity index (χ1) is 8.49. The van der Waals surface area contributed by atoms with E-state index in [-0.39, 0.29) is 18.0 Å². The number of H-pyrrole nitrogens is 1. The maximum absolute atomic E-state index is 11.6. The summed E-state index contributed by atoms with van der Waals surface area (Å²) in [5, 5.41) is 9.81. The van der Waals surface area contributed by atoms with Crippen molar-refractivity contribution in [3.8, 4) is 5.88 Å². The van der Waals surface area contributed by atoms with Gasteiger partial charge in [-0.2, -0.15) is 0 Å². The van der Waals surface area contributed by atoms with Crippen LogP contribution < -0.4 is 11.2 Å². The van der Waals surface area contributed by atoms with Gasteiger partial charge in [0.05, 0.1) is 17.8 Å². The lowest BCUT2D eigenvalue weighted by atomic mass is 10.3. The average molecular weight is 247 g/mol. The van der Waals surface area contributed by atoms with E-state index in [2.05, 4.69) is 9.97 Å². The number of aromatic hydroxyl groups is 1. The highest BCUT2D eigenvalue weighted by atomic mass is 16.3. The van der Waals surface area contributed by atoms with Crippen molar-refractivity contribution in [1.82, 2.24) is 14.5 Å². The second-order valence-corrected chi connectivity index (χ2v) is 4.06. The van der Waals surface area contributed by atoms with Crippen molar-refractivity contribution >= 4 is 0 Å². The number of aromatic nitrogens is 3. The van der Waals surface area contributed by atoms with Gasteiger partial charge in [-0.1, -0.05) is 6.07 Å². The van der Waals surface area contributed by atoms with Crippen LogP contribution in [0.15, 0.2) is 27.8 Å². The number of rotatable bonds is 2. The summed E-state index contributed by atoms with van der Waals surface area (Å²) in [5.41, 5.74) is 0.347. The molecule has 0 unspecified atom stereocenters. The number of hydrogen-bond acceptors (Lipinski definition) is 4.